The quantitative estimate of drug-likeness (QED) is 0.412. The summed E-state index contributed by atoms with van der Waals surface area (Å²) < 4.78 is 5.67. The molecule has 2 amide bonds. The van der Waals surface area contributed by atoms with Crippen molar-refractivity contribution < 1.29 is 14.3 Å². The number of hydrogen-bond donors (Lipinski definition) is 1. The van der Waals surface area contributed by atoms with Gasteiger partial charge in [0.15, 0.2) is 0 Å². The molecule has 0 heterocycles. The lowest BCUT2D eigenvalue weighted by Gasteiger charge is -2.31. The Morgan fingerprint density at radius 3 is 2.26 bits per heavy atom. The summed E-state index contributed by atoms with van der Waals surface area (Å²) >= 11 is 18.5. The molecule has 2 aromatic carbocycles. The third kappa shape index (κ3) is 7.60. The van der Waals surface area contributed by atoms with Gasteiger partial charge in [-0.2, -0.15) is 0 Å². The lowest BCUT2D eigenvalue weighted by atomic mass is 10.1. The molecule has 1 atom stereocenters. The number of carbonyl (C=O) groups excluding carboxylic acids is 2. The van der Waals surface area contributed by atoms with Gasteiger partial charge >= 0.3 is 0 Å². The number of halogens is 3. The van der Waals surface area contributed by atoms with Gasteiger partial charge in [-0.1, -0.05) is 47.8 Å². The van der Waals surface area contributed by atoms with Crippen molar-refractivity contribution in [2.75, 3.05) is 13.2 Å². The molecular weight excluding hydrogens is 459 g/mol. The van der Waals surface area contributed by atoms with Crippen LogP contribution < -0.4 is 10.1 Å². The number of rotatable bonds is 11. The van der Waals surface area contributed by atoms with E-state index in [9.17, 15) is 9.59 Å². The molecule has 0 radical (unpaired) electrons. The minimum Gasteiger partial charge on any atom is -0.494 e. The molecule has 5 nitrogen and oxygen atoms in total. The molecule has 2 aromatic rings. The number of nitrogens with one attached hydrogen (secondary N) is 1. The Kier molecular flexibility index (Phi) is 10.4. The van der Waals surface area contributed by atoms with Crippen LogP contribution in [0.1, 0.15) is 38.7 Å². The number of carbonyl (C=O) groups is 2. The van der Waals surface area contributed by atoms with E-state index in [-0.39, 0.29) is 24.8 Å². The Balaban J connectivity index is 2.09. The first-order valence-corrected chi connectivity index (χ1v) is 11.4. The van der Waals surface area contributed by atoms with Gasteiger partial charge in [0.2, 0.25) is 11.8 Å². The van der Waals surface area contributed by atoms with E-state index in [2.05, 4.69) is 5.32 Å². The third-order valence-electron chi connectivity index (χ3n) is 4.74. The van der Waals surface area contributed by atoms with Crippen molar-refractivity contribution in [3.8, 4) is 5.75 Å². The van der Waals surface area contributed by atoms with E-state index in [0.29, 0.717) is 52.4 Å². The average molecular weight is 486 g/mol. The zero-order chi connectivity index (χ0) is 22.8. The fourth-order valence-electron chi connectivity index (χ4n) is 3.15. The summed E-state index contributed by atoms with van der Waals surface area (Å²) in [5.41, 5.74) is 0.624. The normalized spacial score (nSPS) is 11.6. The molecule has 8 heteroatoms. The van der Waals surface area contributed by atoms with Crippen molar-refractivity contribution in [3.63, 3.8) is 0 Å². The van der Waals surface area contributed by atoms with E-state index in [1.54, 1.807) is 47.4 Å². The minimum atomic E-state index is -0.614. The van der Waals surface area contributed by atoms with Gasteiger partial charge < -0.3 is 15.0 Å². The molecule has 1 N–H and O–H groups in total. The second-order valence-electron chi connectivity index (χ2n) is 6.95. The molecular formula is C23H27Cl3N2O3. The van der Waals surface area contributed by atoms with Gasteiger partial charge in [-0.25, -0.2) is 0 Å². The van der Waals surface area contributed by atoms with Gasteiger partial charge in [0.1, 0.15) is 11.8 Å². The highest BCUT2D eigenvalue weighted by molar-refractivity contribution is 6.36. The average Bonchev–Trinajstić information content (AvgIpc) is 2.74. The second kappa shape index (κ2) is 12.8. The van der Waals surface area contributed by atoms with E-state index in [1.807, 2.05) is 13.8 Å². The van der Waals surface area contributed by atoms with Crippen LogP contribution in [0, 0.1) is 0 Å². The maximum Gasteiger partial charge on any atom is 0.242 e. The zero-order valence-electron chi connectivity index (χ0n) is 17.7. The molecule has 0 saturated carbocycles. The number of ether oxygens (including phenoxy) is 1. The van der Waals surface area contributed by atoms with E-state index in [4.69, 9.17) is 39.5 Å². The maximum atomic E-state index is 13.1. The molecule has 168 valence electrons. The lowest BCUT2D eigenvalue weighted by Crippen LogP contribution is -2.49. The topological polar surface area (TPSA) is 58.6 Å². The molecule has 0 bridgehead atoms. The third-order valence-corrected chi connectivity index (χ3v) is 5.70. The zero-order valence-corrected chi connectivity index (χ0v) is 19.9. The highest BCUT2D eigenvalue weighted by Crippen LogP contribution is 2.27. The van der Waals surface area contributed by atoms with Crippen molar-refractivity contribution in [1.29, 1.82) is 0 Å². The van der Waals surface area contributed by atoms with Crippen LogP contribution in [0.5, 0.6) is 5.75 Å². The maximum absolute atomic E-state index is 13.1. The summed E-state index contributed by atoms with van der Waals surface area (Å²) in [5, 5.41) is 4.36. The van der Waals surface area contributed by atoms with Crippen LogP contribution in [0.2, 0.25) is 15.1 Å². The second-order valence-corrected chi connectivity index (χ2v) is 8.20. The summed E-state index contributed by atoms with van der Waals surface area (Å²) in [5.74, 6) is 0.332. The predicted molar refractivity (Wildman–Crippen MR) is 126 cm³/mol. The van der Waals surface area contributed by atoms with Crippen LogP contribution in [-0.4, -0.2) is 35.9 Å². The highest BCUT2D eigenvalue weighted by Gasteiger charge is 2.29. The molecule has 0 fully saturated rings. The Bertz CT molecular complexity index is 855. The van der Waals surface area contributed by atoms with Crippen LogP contribution in [0.4, 0.5) is 0 Å². The summed E-state index contributed by atoms with van der Waals surface area (Å²) in [6.45, 7) is 4.73. The van der Waals surface area contributed by atoms with Crippen LogP contribution in [0.15, 0.2) is 42.5 Å². The summed E-state index contributed by atoms with van der Waals surface area (Å²) in [7, 11) is 0. The van der Waals surface area contributed by atoms with Crippen molar-refractivity contribution in [1.82, 2.24) is 10.2 Å². The van der Waals surface area contributed by atoms with Crippen LogP contribution in [0.25, 0.3) is 0 Å². The number of likely N-dealkylation sites (N-methyl/N-ethyl adjacent to an activating group) is 1. The fourth-order valence-corrected chi connectivity index (χ4v) is 3.80. The molecule has 0 aliphatic carbocycles. The smallest absolute Gasteiger partial charge is 0.242 e. The van der Waals surface area contributed by atoms with E-state index >= 15 is 0 Å². The van der Waals surface area contributed by atoms with Crippen LogP contribution >= 0.6 is 34.8 Å². The molecule has 31 heavy (non-hydrogen) atoms. The Hall–Kier alpha value is -1.95. The molecule has 2 rings (SSSR count). The van der Waals surface area contributed by atoms with Gasteiger partial charge in [-0.15, -0.1) is 0 Å². The van der Waals surface area contributed by atoms with Crippen LogP contribution in [-0.2, 0) is 16.1 Å². The monoisotopic (exact) mass is 484 g/mol. The number of nitrogens with zero attached hydrogens (tertiary/aromatic N) is 1. The van der Waals surface area contributed by atoms with Gasteiger partial charge in [0.05, 0.1) is 6.61 Å². The summed E-state index contributed by atoms with van der Waals surface area (Å²) in [6, 6.07) is 11.6. The largest absolute Gasteiger partial charge is 0.494 e. The standard InChI is InChI=1S/C23H27Cl3N2O3/c1-3-21(23(30)27-4-2)28(15-18-19(25)7-5-8-20(18)26)22(29)9-6-14-31-17-12-10-16(24)11-13-17/h5,7-8,10-13,21H,3-4,6,9,14-15H2,1-2H3,(H,27,30)/t21-/m1/s1. The van der Waals surface area contributed by atoms with Crippen molar-refractivity contribution in [2.24, 2.45) is 0 Å². The first kappa shape index (κ1) is 25.3. The van der Waals surface area contributed by atoms with E-state index in [0.717, 1.165) is 0 Å². The molecule has 0 saturated heterocycles. The number of benzene rings is 2. The Morgan fingerprint density at radius 2 is 1.68 bits per heavy atom. The molecule has 0 aromatic heterocycles. The first-order chi connectivity index (χ1) is 14.9. The van der Waals surface area contributed by atoms with E-state index in [1.165, 1.54) is 0 Å². The van der Waals surface area contributed by atoms with Crippen molar-refractivity contribution in [3.05, 3.63) is 63.1 Å². The minimum absolute atomic E-state index is 0.158. The Morgan fingerprint density at radius 1 is 1.03 bits per heavy atom. The fraction of sp³-hybridized carbons (Fsp3) is 0.391. The van der Waals surface area contributed by atoms with Gasteiger partial charge in [0.25, 0.3) is 0 Å². The summed E-state index contributed by atoms with van der Waals surface area (Å²) in [6.07, 6.45) is 1.20. The summed E-state index contributed by atoms with van der Waals surface area (Å²) in [4.78, 5) is 27.3. The van der Waals surface area contributed by atoms with Gasteiger partial charge in [0, 0.05) is 40.1 Å². The van der Waals surface area contributed by atoms with E-state index < -0.39 is 6.04 Å². The molecule has 0 spiro atoms. The molecule has 0 aliphatic heterocycles. The molecule has 0 unspecified atom stereocenters. The lowest BCUT2D eigenvalue weighted by molar-refractivity contribution is -0.141. The first-order valence-electron chi connectivity index (χ1n) is 10.3. The van der Waals surface area contributed by atoms with Crippen molar-refractivity contribution in [2.45, 2.75) is 45.7 Å². The number of amides is 2. The van der Waals surface area contributed by atoms with Crippen LogP contribution in [0.3, 0.4) is 0 Å². The van der Waals surface area contributed by atoms with Gasteiger partial charge in [-0.05, 0) is 56.2 Å². The predicted octanol–water partition coefficient (Wildman–Crippen LogP) is 5.75. The molecule has 0 aliphatic rings. The van der Waals surface area contributed by atoms with Gasteiger partial charge in [-0.3, -0.25) is 9.59 Å². The Labute approximate surface area is 198 Å². The SMILES string of the molecule is CCNC(=O)[C@@H](CC)N(Cc1c(Cl)cccc1Cl)C(=O)CCCOc1ccc(Cl)cc1. The number of hydrogen-bond acceptors (Lipinski definition) is 3. The highest BCUT2D eigenvalue weighted by atomic mass is 35.5. The van der Waals surface area contributed by atoms with Crippen molar-refractivity contribution >= 4 is 46.6 Å².